The second kappa shape index (κ2) is 9.52. The average Bonchev–Trinajstić information content (AvgIpc) is 2.86. The van der Waals surface area contributed by atoms with Crippen molar-refractivity contribution in [2.75, 3.05) is 13.2 Å². The normalized spacial score (nSPS) is 20.4. The Morgan fingerprint density at radius 3 is 2.71 bits per heavy atom. The Kier molecular flexibility index (Phi) is 7.37. The van der Waals surface area contributed by atoms with Gasteiger partial charge in [0.15, 0.2) is 11.4 Å². The van der Waals surface area contributed by atoms with E-state index in [0.29, 0.717) is 19.3 Å². The molecular formula is C21H26O7. The summed E-state index contributed by atoms with van der Waals surface area (Å²) in [6.45, 7) is 1.93. The van der Waals surface area contributed by atoms with Crippen LogP contribution in [0.5, 0.6) is 11.5 Å². The maximum atomic E-state index is 12.6. The predicted octanol–water partition coefficient (Wildman–Crippen LogP) is 2.95. The first-order valence-corrected chi connectivity index (χ1v) is 9.14. The summed E-state index contributed by atoms with van der Waals surface area (Å²) < 4.78 is 5.71. The molecule has 152 valence electrons. The molecule has 0 spiro atoms. The number of aliphatic hydroxyl groups is 1. The van der Waals surface area contributed by atoms with Gasteiger partial charge in [0.05, 0.1) is 25.2 Å². The van der Waals surface area contributed by atoms with E-state index in [4.69, 9.17) is 9.84 Å². The molecule has 0 radical (unpaired) electrons. The van der Waals surface area contributed by atoms with E-state index in [-0.39, 0.29) is 36.7 Å². The number of hydrogen-bond donors (Lipinski definition) is 4. The molecule has 2 rings (SSSR count). The lowest BCUT2D eigenvalue weighted by Gasteiger charge is -2.28. The molecule has 7 nitrogen and oxygen atoms in total. The zero-order valence-corrected chi connectivity index (χ0v) is 15.9. The number of phenolic OH excluding ortho intramolecular Hbond substituents is 2. The molecule has 1 heterocycles. The van der Waals surface area contributed by atoms with E-state index in [1.54, 1.807) is 0 Å². The summed E-state index contributed by atoms with van der Waals surface area (Å²) in [5.41, 5.74) is -0.0139. The number of carboxylic acid groups (broad SMARTS) is 1. The summed E-state index contributed by atoms with van der Waals surface area (Å²) in [7, 11) is 0. The molecule has 0 aromatic heterocycles. The van der Waals surface area contributed by atoms with E-state index < -0.39 is 23.8 Å². The molecule has 0 bridgehead atoms. The number of allylic oxidation sites excluding steroid dienone is 2. The Hall–Kier alpha value is -2.64. The van der Waals surface area contributed by atoms with Crippen LogP contribution in [0.15, 0.2) is 41.5 Å². The number of carbonyl (C=O) groups is 2. The minimum atomic E-state index is -1.69. The summed E-state index contributed by atoms with van der Waals surface area (Å²) in [6, 6.07) is 3.54. The lowest BCUT2D eigenvalue weighted by atomic mass is 9.89. The number of aliphatic carboxylic acids is 1. The molecule has 1 aromatic carbocycles. The Morgan fingerprint density at radius 1 is 1.29 bits per heavy atom. The van der Waals surface area contributed by atoms with Gasteiger partial charge in [-0.3, -0.25) is 4.79 Å². The molecule has 1 aliphatic rings. The van der Waals surface area contributed by atoms with E-state index in [0.717, 1.165) is 17.2 Å². The number of phenols is 2. The van der Waals surface area contributed by atoms with Crippen LogP contribution in [0.4, 0.5) is 0 Å². The Balaban J connectivity index is 2.10. The van der Waals surface area contributed by atoms with E-state index >= 15 is 0 Å². The van der Waals surface area contributed by atoms with Crippen LogP contribution in [0.3, 0.4) is 0 Å². The Morgan fingerprint density at radius 2 is 2.04 bits per heavy atom. The van der Waals surface area contributed by atoms with Crippen molar-refractivity contribution in [2.45, 2.75) is 44.6 Å². The molecule has 0 saturated carbocycles. The molecule has 1 aromatic rings. The molecule has 28 heavy (non-hydrogen) atoms. The van der Waals surface area contributed by atoms with Gasteiger partial charge in [0.25, 0.3) is 0 Å². The van der Waals surface area contributed by atoms with E-state index in [2.05, 4.69) is 0 Å². The minimum Gasteiger partial charge on any atom is -0.508 e. The van der Waals surface area contributed by atoms with Gasteiger partial charge in [0, 0.05) is 0 Å². The Bertz CT molecular complexity index is 794. The van der Waals surface area contributed by atoms with E-state index in [9.17, 15) is 24.9 Å². The lowest BCUT2D eigenvalue weighted by molar-refractivity contribution is -0.165. The molecule has 4 N–H and O–H groups in total. The molecule has 1 atom stereocenters. The number of ketones is 1. The highest BCUT2D eigenvalue weighted by molar-refractivity contribution is 6.02. The fraction of sp³-hybridized carbons (Fsp3) is 0.429. The molecule has 0 fully saturated rings. The van der Waals surface area contributed by atoms with Crippen molar-refractivity contribution in [2.24, 2.45) is 0 Å². The van der Waals surface area contributed by atoms with Gasteiger partial charge < -0.3 is 25.2 Å². The third-order valence-corrected chi connectivity index (χ3v) is 4.84. The second-order valence-electron chi connectivity index (χ2n) is 7.04. The zero-order valence-electron chi connectivity index (χ0n) is 15.9. The van der Waals surface area contributed by atoms with Crippen molar-refractivity contribution >= 4 is 11.8 Å². The quantitative estimate of drug-likeness (QED) is 0.306. The summed E-state index contributed by atoms with van der Waals surface area (Å²) >= 11 is 0. The fourth-order valence-electron chi connectivity index (χ4n) is 3.10. The summed E-state index contributed by atoms with van der Waals surface area (Å²) in [4.78, 5) is 24.6. The summed E-state index contributed by atoms with van der Waals surface area (Å²) in [5.74, 6) is -2.35. The highest BCUT2D eigenvalue weighted by Crippen LogP contribution is 2.32. The van der Waals surface area contributed by atoms with Crippen molar-refractivity contribution in [3.05, 3.63) is 47.1 Å². The third-order valence-electron chi connectivity index (χ3n) is 4.84. The van der Waals surface area contributed by atoms with Crippen molar-refractivity contribution in [1.82, 2.24) is 0 Å². The SMILES string of the molecule is C/C(=C\CCC1=CCC[C@@](CC(=O)c2cc(O)ccc2O)(C(=O)O)OC1)CO. The van der Waals surface area contributed by atoms with Gasteiger partial charge in [0.2, 0.25) is 0 Å². The van der Waals surface area contributed by atoms with Crippen LogP contribution in [0.1, 0.15) is 49.4 Å². The maximum absolute atomic E-state index is 12.6. The fourth-order valence-corrected chi connectivity index (χ4v) is 3.10. The Labute approximate surface area is 163 Å². The largest absolute Gasteiger partial charge is 0.508 e. The molecular weight excluding hydrogens is 364 g/mol. The van der Waals surface area contributed by atoms with Gasteiger partial charge in [-0.25, -0.2) is 4.79 Å². The van der Waals surface area contributed by atoms with E-state index in [1.807, 2.05) is 19.1 Å². The number of carbonyl (C=O) groups excluding carboxylic acids is 1. The van der Waals surface area contributed by atoms with Crippen molar-refractivity contribution < 1.29 is 34.8 Å². The number of ether oxygens (including phenoxy) is 1. The predicted molar refractivity (Wildman–Crippen MR) is 102 cm³/mol. The molecule has 0 unspecified atom stereocenters. The molecule has 0 aliphatic carbocycles. The van der Waals surface area contributed by atoms with Gasteiger partial charge >= 0.3 is 5.97 Å². The number of benzene rings is 1. The van der Waals surface area contributed by atoms with Crippen LogP contribution in [0.25, 0.3) is 0 Å². The number of aliphatic hydroxyl groups excluding tert-OH is 1. The van der Waals surface area contributed by atoms with Gasteiger partial charge in [0.1, 0.15) is 11.5 Å². The average molecular weight is 390 g/mol. The molecule has 7 heteroatoms. The molecule has 0 amide bonds. The van der Waals surface area contributed by atoms with Crippen LogP contribution >= 0.6 is 0 Å². The topological polar surface area (TPSA) is 124 Å². The molecule has 0 saturated heterocycles. The van der Waals surface area contributed by atoms with E-state index in [1.165, 1.54) is 12.1 Å². The zero-order chi connectivity index (χ0) is 20.7. The summed E-state index contributed by atoms with van der Waals surface area (Å²) in [6.07, 6.45) is 5.37. The minimum absolute atomic E-state index is 0.00166. The first-order chi connectivity index (χ1) is 13.3. The van der Waals surface area contributed by atoms with Gasteiger partial charge in [-0.2, -0.15) is 0 Å². The first-order valence-electron chi connectivity index (χ1n) is 9.14. The maximum Gasteiger partial charge on any atom is 0.336 e. The third kappa shape index (κ3) is 5.43. The van der Waals surface area contributed by atoms with Crippen LogP contribution in [-0.2, 0) is 9.53 Å². The van der Waals surface area contributed by atoms with Gasteiger partial charge in [-0.15, -0.1) is 0 Å². The summed E-state index contributed by atoms with van der Waals surface area (Å²) in [5, 5.41) is 38.2. The van der Waals surface area contributed by atoms with Crippen LogP contribution in [0.2, 0.25) is 0 Å². The highest BCUT2D eigenvalue weighted by atomic mass is 16.5. The second-order valence-corrected chi connectivity index (χ2v) is 7.04. The smallest absolute Gasteiger partial charge is 0.336 e. The van der Waals surface area contributed by atoms with Crippen LogP contribution in [-0.4, -0.2) is 51.0 Å². The first kappa shape index (κ1) is 21.7. The van der Waals surface area contributed by atoms with Crippen LogP contribution in [0, 0.1) is 0 Å². The number of carboxylic acids is 1. The van der Waals surface area contributed by atoms with Gasteiger partial charge in [-0.1, -0.05) is 17.7 Å². The monoisotopic (exact) mass is 390 g/mol. The standard InChI is InChI=1S/C21H26O7/c1-14(12-22)4-2-5-15-6-3-9-21(20(26)27,28-13-15)11-19(25)17-10-16(23)7-8-18(17)24/h4,6-8,10,22-24H,2-3,5,9,11-13H2,1H3,(H,26,27)/b14-4+/t21-/m1/s1. The van der Waals surface area contributed by atoms with Crippen LogP contribution < -0.4 is 0 Å². The lowest BCUT2D eigenvalue weighted by Crippen LogP contribution is -2.43. The molecule has 1 aliphatic heterocycles. The number of hydrogen-bond acceptors (Lipinski definition) is 6. The van der Waals surface area contributed by atoms with Gasteiger partial charge in [-0.05, 0) is 56.4 Å². The number of rotatable bonds is 8. The van der Waals surface area contributed by atoms with Crippen molar-refractivity contribution in [3.63, 3.8) is 0 Å². The highest BCUT2D eigenvalue weighted by Gasteiger charge is 2.43. The number of aromatic hydroxyl groups is 2. The van der Waals surface area contributed by atoms with Crippen molar-refractivity contribution in [1.29, 1.82) is 0 Å². The number of Topliss-reactive ketones (excluding diaryl/α,β-unsaturated/α-hetero) is 1. The van der Waals surface area contributed by atoms with Crippen molar-refractivity contribution in [3.8, 4) is 11.5 Å².